The largest absolute Gasteiger partial charge is 0.488 e. The second-order valence-corrected chi connectivity index (χ2v) is 6.41. The molecule has 0 aromatic heterocycles. The van der Waals surface area contributed by atoms with Gasteiger partial charge in [-0.05, 0) is 29.8 Å². The summed E-state index contributed by atoms with van der Waals surface area (Å²) in [6, 6.07) is 11.6. The Labute approximate surface area is 136 Å². The van der Waals surface area contributed by atoms with Gasteiger partial charge in [-0.1, -0.05) is 30.3 Å². The molecule has 0 radical (unpaired) electrons. The van der Waals surface area contributed by atoms with Gasteiger partial charge in [0.05, 0.1) is 4.90 Å². The second-order valence-electron chi connectivity index (χ2n) is 4.99. The van der Waals surface area contributed by atoms with Gasteiger partial charge in [0.15, 0.2) is 0 Å². The van der Waals surface area contributed by atoms with Gasteiger partial charge in [0.1, 0.15) is 21.8 Å². The normalized spacial score (nSPS) is 11.9. The van der Waals surface area contributed by atoms with Crippen LogP contribution in [0.25, 0.3) is 0 Å². The van der Waals surface area contributed by atoms with E-state index in [0.29, 0.717) is 5.56 Å². The second kappa shape index (κ2) is 6.34. The minimum atomic E-state index is -4.50. The van der Waals surface area contributed by atoms with Gasteiger partial charge in [0, 0.05) is 0 Å². The quantitative estimate of drug-likeness (QED) is 0.362. The van der Waals surface area contributed by atoms with Gasteiger partial charge in [-0.25, -0.2) is 0 Å². The predicted octanol–water partition coefficient (Wildman–Crippen LogP) is 1.88. The summed E-state index contributed by atoms with van der Waals surface area (Å²) in [6.45, 7) is 0. The van der Waals surface area contributed by atoms with Crippen molar-refractivity contribution in [3.63, 3.8) is 0 Å². The Morgan fingerprint density at radius 2 is 1.42 bits per heavy atom. The number of nitrogens with zero attached hydrogens (tertiary/aromatic N) is 2. The fraction of sp³-hybridized carbons (Fsp3) is 0.143. The van der Waals surface area contributed by atoms with Crippen molar-refractivity contribution >= 4 is 10.1 Å². The maximum absolute atomic E-state index is 11.5. The van der Waals surface area contributed by atoms with E-state index in [1.54, 1.807) is 18.2 Å². The molecule has 0 fully saturated rings. The highest BCUT2D eigenvalue weighted by Crippen LogP contribution is 2.31. The van der Waals surface area contributed by atoms with Crippen molar-refractivity contribution < 1.29 is 22.8 Å². The zero-order chi connectivity index (χ0) is 18.0. The molecule has 0 saturated heterocycles. The van der Waals surface area contributed by atoms with Crippen LogP contribution in [-0.4, -0.2) is 22.8 Å². The Balaban J connectivity index is 2.58. The smallest absolute Gasteiger partial charge is 0.282 e. The van der Waals surface area contributed by atoms with E-state index in [2.05, 4.69) is 0 Å². The molecule has 2 aromatic carbocycles. The molecule has 2 aromatic rings. The molecular formula is C14H12N2O7S. The van der Waals surface area contributed by atoms with Gasteiger partial charge in [-0.3, -0.25) is 24.8 Å². The highest BCUT2D eigenvalue weighted by atomic mass is 32.2. The van der Waals surface area contributed by atoms with Gasteiger partial charge in [-0.2, -0.15) is 8.42 Å². The fourth-order valence-electron chi connectivity index (χ4n) is 2.28. The Hall–Kier alpha value is -2.85. The van der Waals surface area contributed by atoms with Crippen molar-refractivity contribution in [2.24, 2.45) is 0 Å². The molecule has 1 N–H and O–H groups in total. The monoisotopic (exact) mass is 352 g/mol. The van der Waals surface area contributed by atoms with E-state index in [-0.39, 0.29) is 5.56 Å². The molecule has 0 atom stereocenters. The Morgan fingerprint density at radius 3 is 1.83 bits per heavy atom. The summed E-state index contributed by atoms with van der Waals surface area (Å²) in [5.41, 5.74) is -2.59. The van der Waals surface area contributed by atoms with Crippen molar-refractivity contribution in [1.82, 2.24) is 0 Å². The molecule has 9 nitrogen and oxygen atoms in total. The average Bonchev–Trinajstić information content (AvgIpc) is 2.52. The highest BCUT2D eigenvalue weighted by Gasteiger charge is 2.58. The average molecular weight is 352 g/mol. The topological polar surface area (TPSA) is 141 Å². The molecular weight excluding hydrogens is 340 g/mol. The lowest BCUT2D eigenvalue weighted by Crippen LogP contribution is -2.45. The van der Waals surface area contributed by atoms with Crippen LogP contribution in [0, 0.1) is 20.2 Å². The minimum absolute atomic E-state index is 0.297. The van der Waals surface area contributed by atoms with Crippen LogP contribution in [0.1, 0.15) is 11.1 Å². The molecule has 0 aliphatic carbocycles. The summed E-state index contributed by atoms with van der Waals surface area (Å²) in [5, 5.41) is 23.1. The number of rotatable bonds is 6. The van der Waals surface area contributed by atoms with Crippen LogP contribution < -0.4 is 0 Å². The van der Waals surface area contributed by atoms with E-state index in [4.69, 9.17) is 4.55 Å². The highest BCUT2D eigenvalue weighted by molar-refractivity contribution is 7.85. The molecule has 0 heterocycles. The Kier molecular flexibility index (Phi) is 4.62. The van der Waals surface area contributed by atoms with E-state index in [1.165, 1.54) is 12.1 Å². The standard InChI is InChI=1S/C14H12N2O7S/c17-15(18)14(16(19)20,10-11-4-2-1-3-5-11)12-6-8-13(9-7-12)24(21,22)23/h1-9H,10H2,(H,21,22,23). The van der Waals surface area contributed by atoms with Crippen LogP contribution in [0.5, 0.6) is 0 Å². The molecule has 0 aliphatic heterocycles. The number of hydrogen-bond acceptors (Lipinski definition) is 6. The molecule has 0 unspecified atom stereocenters. The fourth-order valence-corrected chi connectivity index (χ4v) is 2.76. The van der Waals surface area contributed by atoms with Crippen LogP contribution in [0.2, 0.25) is 0 Å². The molecule has 10 heteroatoms. The summed E-state index contributed by atoms with van der Waals surface area (Å²) >= 11 is 0. The molecule has 2 rings (SSSR count). The molecule has 0 saturated carbocycles. The van der Waals surface area contributed by atoms with Crippen molar-refractivity contribution in [2.45, 2.75) is 17.0 Å². The first-order valence-corrected chi connectivity index (χ1v) is 8.03. The first-order chi connectivity index (χ1) is 11.2. The third-order valence-corrected chi connectivity index (χ3v) is 4.38. The summed E-state index contributed by atoms with van der Waals surface area (Å²) in [5.74, 6) is 0. The number of benzene rings is 2. The number of nitro groups is 2. The molecule has 0 bridgehead atoms. The molecule has 24 heavy (non-hydrogen) atoms. The maximum atomic E-state index is 11.5. The summed E-state index contributed by atoms with van der Waals surface area (Å²) in [6.07, 6.45) is -0.515. The van der Waals surface area contributed by atoms with Crippen LogP contribution in [0.15, 0.2) is 59.5 Å². The van der Waals surface area contributed by atoms with Gasteiger partial charge >= 0.3 is 5.66 Å². The van der Waals surface area contributed by atoms with E-state index in [9.17, 15) is 28.6 Å². The van der Waals surface area contributed by atoms with E-state index in [1.807, 2.05) is 0 Å². The Morgan fingerprint density at radius 1 is 0.917 bits per heavy atom. The van der Waals surface area contributed by atoms with E-state index < -0.39 is 36.9 Å². The number of hydrogen-bond donors (Lipinski definition) is 1. The zero-order valence-corrected chi connectivity index (χ0v) is 12.9. The lowest BCUT2D eigenvalue weighted by atomic mass is 9.93. The molecule has 0 aliphatic rings. The first-order valence-electron chi connectivity index (χ1n) is 6.59. The van der Waals surface area contributed by atoms with Crippen LogP contribution >= 0.6 is 0 Å². The van der Waals surface area contributed by atoms with Gasteiger partial charge in [0.25, 0.3) is 10.1 Å². The lowest BCUT2D eigenvalue weighted by molar-refractivity contribution is -0.810. The Bertz CT molecular complexity index is 850. The maximum Gasteiger partial charge on any atom is 0.488 e. The van der Waals surface area contributed by atoms with Gasteiger partial charge in [-0.15, -0.1) is 0 Å². The van der Waals surface area contributed by atoms with E-state index in [0.717, 1.165) is 24.3 Å². The van der Waals surface area contributed by atoms with E-state index >= 15 is 0 Å². The van der Waals surface area contributed by atoms with Crippen molar-refractivity contribution in [3.05, 3.63) is 86.0 Å². The van der Waals surface area contributed by atoms with Crippen LogP contribution in [-0.2, 0) is 22.2 Å². The van der Waals surface area contributed by atoms with Gasteiger partial charge in [0.2, 0.25) is 0 Å². The summed E-state index contributed by atoms with van der Waals surface area (Å²) in [7, 11) is -4.50. The minimum Gasteiger partial charge on any atom is -0.282 e. The third-order valence-electron chi connectivity index (χ3n) is 3.51. The molecule has 126 valence electrons. The van der Waals surface area contributed by atoms with Crippen molar-refractivity contribution in [2.75, 3.05) is 0 Å². The van der Waals surface area contributed by atoms with Crippen molar-refractivity contribution in [1.29, 1.82) is 0 Å². The summed E-state index contributed by atoms with van der Waals surface area (Å²) in [4.78, 5) is 20.6. The summed E-state index contributed by atoms with van der Waals surface area (Å²) < 4.78 is 31.0. The van der Waals surface area contributed by atoms with Crippen molar-refractivity contribution in [3.8, 4) is 0 Å². The molecule has 0 amide bonds. The van der Waals surface area contributed by atoms with Gasteiger partial charge < -0.3 is 0 Å². The zero-order valence-electron chi connectivity index (χ0n) is 12.1. The predicted molar refractivity (Wildman–Crippen MR) is 82.1 cm³/mol. The first kappa shape index (κ1) is 17.5. The lowest BCUT2D eigenvalue weighted by Gasteiger charge is -2.18. The third kappa shape index (κ3) is 3.24. The van der Waals surface area contributed by atoms with Crippen LogP contribution in [0.4, 0.5) is 0 Å². The van der Waals surface area contributed by atoms with Crippen LogP contribution in [0.3, 0.4) is 0 Å². The molecule has 0 spiro atoms. The SMILES string of the molecule is O=[N+]([O-])C(Cc1ccccc1)(c1ccc(S(=O)(=O)O)cc1)[N+](=O)[O-].